The van der Waals surface area contributed by atoms with E-state index in [4.69, 9.17) is 4.74 Å². The number of carbonyl (C=O) groups excluding carboxylic acids is 1. The minimum Gasteiger partial charge on any atom is -0.490 e. The van der Waals surface area contributed by atoms with Crippen LogP contribution in [0.1, 0.15) is 58.3 Å². The molecule has 0 aromatic heterocycles. The summed E-state index contributed by atoms with van der Waals surface area (Å²) in [6.45, 7) is 11.8. The molecule has 1 N–H and O–H groups in total. The maximum atomic E-state index is 12.0. The zero-order valence-electron chi connectivity index (χ0n) is 15.8. The predicted molar refractivity (Wildman–Crippen MR) is 103 cm³/mol. The molecule has 1 amide bonds. The van der Waals surface area contributed by atoms with E-state index in [0.29, 0.717) is 17.7 Å². The van der Waals surface area contributed by atoms with E-state index in [-0.39, 0.29) is 12.5 Å². The van der Waals surface area contributed by atoms with Crippen LogP contribution in [0.2, 0.25) is 0 Å². The highest BCUT2D eigenvalue weighted by molar-refractivity contribution is 9.10. The molecule has 0 aliphatic heterocycles. The Morgan fingerprint density at radius 1 is 1.32 bits per heavy atom. The molecule has 5 nitrogen and oxygen atoms in total. The van der Waals surface area contributed by atoms with E-state index in [1.54, 1.807) is 18.2 Å². The highest BCUT2D eigenvalue weighted by atomic mass is 79.9. The zero-order valence-corrected chi connectivity index (χ0v) is 17.4. The van der Waals surface area contributed by atoms with Gasteiger partial charge in [-0.15, -0.1) is 0 Å². The lowest BCUT2D eigenvalue weighted by atomic mass is 9.86. The Balaban J connectivity index is 3.19. The predicted octanol–water partition coefficient (Wildman–Crippen LogP) is 5.22. The summed E-state index contributed by atoms with van der Waals surface area (Å²) >= 11 is 3.33. The molecule has 0 heterocycles. The minimum atomic E-state index is -0.981. The molecule has 0 bridgehead atoms. The minimum absolute atomic E-state index is 0.164. The fraction of sp³-hybridized carbons (Fsp3) is 0.579. The number of amides is 1. The largest absolute Gasteiger partial charge is 0.490 e. The van der Waals surface area contributed by atoms with Crippen molar-refractivity contribution < 1.29 is 19.4 Å². The Hall–Kier alpha value is -1.56. The van der Waals surface area contributed by atoms with Crippen molar-refractivity contribution in [3.8, 4) is 5.75 Å². The highest BCUT2D eigenvalue weighted by Crippen LogP contribution is 2.32. The lowest BCUT2D eigenvalue weighted by Crippen LogP contribution is -2.61. The quantitative estimate of drug-likeness (QED) is 0.621. The van der Waals surface area contributed by atoms with Crippen LogP contribution in [-0.4, -0.2) is 40.1 Å². The van der Waals surface area contributed by atoms with Crippen LogP contribution in [-0.2, 0) is 0 Å². The molecule has 0 aliphatic rings. The first-order valence-electron chi connectivity index (χ1n) is 8.31. The number of hydrogen-bond donors (Lipinski definition) is 1. The molecule has 0 unspecified atom stereocenters. The first kappa shape index (κ1) is 21.5. The topological polar surface area (TPSA) is 66.8 Å². The molecule has 1 atom stereocenters. The van der Waals surface area contributed by atoms with Crippen molar-refractivity contribution in [3.05, 3.63) is 28.2 Å². The summed E-state index contributed by atoms with van der Waals surface area (Å²) in [5.74, 6) is 0.737. The molecular weight excluding hydrogens is 386 g/mol. The molecule has 140 valence electrons. The summed E-state index contributed by atoms with van der Waals surface area (Å²) in [5, 5.41) is 9.80. The number of ether oxygens (including phenoxy) is 1. The van der Waals surface area contributed by atoms with Gasteiger partial charge in [-0.25, -0.2) is 4.79 Å². The van der Waals surface area contributed by atoms with Crippen LogP contribution < -0.4 is 4.74 Å². The van der Waals surface area contributed by atoms with Gasteiger partial charge in [-0.1, -0.05) is 29.8 Å². The Morgan fingerprint density at radius 3 is 2.36 bits per heavy atom. The smallest absolute Gasteiger partial charge is 0.408 e. The van der Waals surface area contributed by atoms with Crippen molar-refractivity contribution in [1.82, 2.24) is 4.90 Å². The van der Waals surface area contributed by atoms with Crippen LogP contribution in [0.4, 0.5) is 4.79 Å². The number of hydrogen-bond acceptors (Lipinski definition) is 3. The van der Waals surface area contributed by atoms with Gasteiger partial charge in [0.1, 0.15) is 12.4 Å². The van der Waals surface area contributed by atoms with Crippen LogP contribution in [0.5, 0.6) is 5.75 Å². The number of rotatable bonds is 7. The van der Waals surface area contributed by atoms with Gasteiger partial charge in [-0.2, -0.15) is 0 Å². The molecule has 1 aromatic carbocycles. The lowest BCUT2D eigenvalue weighted by Gasteiger charge is -2.47. The Morgan fingerprint density at radius 2 is 1.92 bits per heavy atom. The second-order valence-electron chi connectivity index (χ2n) is 7.97. The van der Waals surface area contributed by atoms with E-state index in [1.807, 2.05) is 27.7 Å². The van der Waals surface area contributed by atoms with E-state index >= 15 is 0 Å². The zero-order chi connectivity index (χ0) is 19.4. The van der Waals surface area contributed by atoms with Gasteiger partial charge in [0.25, 0.3) is 0 Å². The Bertz CT molecular complexity index is 624. The van der Waals surface area contributed by atoms with Crippen LogP contribution in [0.25, 0.3) is 0 Å². The maximum absolute atomic E-state index is 12.0. The van der Waals surface area contributed by atoms with Crippen molar-refractivity contribution in [2.24, 2.45) is 5.92 Å². The van der Waals surface area contributed by atoms with Crippen LogP contribution >= 0.6 is 15.9 Å². The molecule has 0 spiro atoms. The molecule has 0 radical (unpaired) electrons. The molecule has 0 aliphatic carbocycles. The van der Waals surface area contributed by atoms with Crippen LogP contribution in [0, 0.1) is 5.92 Å². The van der Waals surface area contributed by atoms with Crippen molar-refractivity contribution in [3.63, 3.8) is 0 Å². The summed E-state index contributed by atoms with van der Waals surface area (Å²) in [7, 11) is 0. The second kappa shape index (κ2) is 8.21. The maximum Gasteiger partial charge on any atom is 0.408 e. The SMILES string of the molecule is CC(C)C[C@@](C)(COc1ccc(Br)cc1C=O)N(C(=O)O)C(C)(C)C. The Kier molecular flexibility index (Phi) is 7.06. The third kappa shape index (κ3) is 5.73. The van der Waals surface area contributed by atoms with E-state index < -0.39 is 17.2 Å². The van der Waals surface area contributed by atoms with E-state index in [9.17, 15) is 14.7 Å². The first-order valence-corrected chi connectivity index (χ1v) is 9.11. The van der Waals surface area contributed by atoms with Gasteiger partial charge in [-0.3, -0.25) is 9.69 Å². The van der Waals surface area contributed by atoms with Gasteiger partial charge in [0, 0.05) is 10.0 Å². The number of carbonyl (C=O) groups is 2. The second-order valence-corrected chi connectivity index (χ2v) is 8.89. The van der Waals surface area contributed by atoms with Gasteiger partial charge in [0.05, 0.1) is 11.1 Å². The molecule has 0 saturated carbocycles. The number of nitrogens with zero attached hydrogens (tertiary/aromatic N) is 1. The standard InChI is InChI=1S/C19H28BrNO4/c1-13(2)10-19(6,21(17(23)24)18(3,4)5)12-25-16-8-7-15(20)9-14(16)11-22/h7-9,11,13H,10,12H2,1-6H3,(H,23,24)/t19-/m0/s1. The average molecular weight is 414 g/mol. The van der Waals surface area contributed by atoms with E-state index in [0.717, 1.165) is 10.8 Å². The fourth-order valence-corrected chi connectivity index (χ4v) is 3.78. The fourth-order valence-electron chi connectivity index (χ4n) is 3.40. The number of benzene rings is 1. The molecular formula is C19H28BrNO4. The molecule has 1 aromatic rings. The van der Waals surface area contributed by atoms with E-state index in [1.165, 1.54) is 4.90 Å². The van der Waals surface area contributed by atoms with Crippen molar-refractivity contribution in [2.45, 2.75) is 59.0 Å². The number of halogens is 1. The summed E-state index contributed by atoms with van der Waals surface area (Å²) in [6.07, 6.45) is 0.396. The first-order chi connectivity index (χ1) is 11.4. The third-order valence-corrected chi connectivity index (χ3v) is 4.38. The summed E-state index contributed by atoms with van der Waals surface area (Å²) < 4.78 is 6.70. The van der Waals surface area contributed by atoms with Gasteiger partial charge >= 0.3 is 6.09 Å². The van der Waals surface area contributed by atoms with Crippen molar-refractivity contribution in [2.75, 3.05) is 6.61 Å². The average Bonchev–Trinajstić information content (AvgIpc) is 2.42. The van der Waals surface area contributed by atoms with E-state index in [2.05, 4.69) is 29.8 Å². The normalized spacial score (nSPS) is 14.1. The summed E-state index contributed by atoms with van der Waals surface area (Å²) in [4.78, 5) is 24.7. The monoisotopic (exact) mass is 413 g/mol. The summed E-state index contributed by atoms with van der Waals surface area (Å²) in [6, 6.07) is 5.19. The summed E-state index contributed by atoms with van der Waals surface area (Å²) in [5.41, 5.74) is -0.878. The van der Waals surface area contributed by atoms with Crippen molar-refractivity contribution >= 4 is 28.3 Å². The van der Waals surface area contributed by atoms with Gasteiger partial charge in [0.2, 0.25) is 0 Å². The van der Waals surface area contributed by atoms with Gasteiger partial charge < -0.3 is 9.84 Å². The third-order valence-electron chi connectivity index (χ3n) is 3.89. The van der Waals surface area contributed by atoms with Crippen LogP contribution in [0.15, 0.2) is 22.7 Å². The van der Waals surface area contributed by atoms with Crippen LogP contribution in [0.3, 0.4) is 0 Å². The Labute approximate surface area is 158 Å². The molecule has 0 fully saturated rings. The lowest BCUT2D eigenvalue weighted by molar-refractivity contribution is -0.0110. The molecule has 1 rings (SSSR count). The van der Waals surface area contributed by atoms with Gasteiger partial charge in [0.15, 0.2) is 6.29 Å². The molecule has 6 heteroatoms. The molecule has 25 heavy (non-hydrogen) atoms. The molecule has 0 saturated heterocycles. The number of carboxylic acid groups (broad SMARTS) is 1. The van der Waals surface area contributed by atoms with Gasteiger partial charge in [-0.05, 0) is 58.2 Å². The highest BCUT2D eigenvalue weighted by Gasteiger charge is 2.43. The van der Waals surface area contributed by atoms with Crippen molar-refractivity contribution in [1.29, 1.82) is 0 Å². The number of aldehydes is 1.